The fraction of sp³-hybridized carbons (Fsp3) is 0.583. The van der Waals surface area contributed by atoms with Gasteiger partial charge in [-0.3, -0.25) is 9.69 Å². The fourth-order valence-corrected chi connectivity index (χ4v) is 2.19. The van der Waals surface area contributed by atoms with Crippen LogP contribution in [0.1, 0.15) is 25.1 Å². The molecule has 0 saturated carbocycles. The summed E-state index contributed by atoms with van der Waals surface area (Å²) in [7, 11) is 1.43. The quantitative estimate of drug-likeness (QED) is 0.717. The van der Waals surface area contributed by atoms with E-state index in [1.807, 2.05) is 0 Å². The number of esters is 1. The molecule has 0 bridgehead atoms. The van der Waals surface area contributed by atoms with E-state index in [1.165, 1.54) is 12.0 Å². The van der Waals surface area contributed by atoms with Gasteiger partial charge < -0.3 is 4.74 Å². The molecule has 0 spiro atoms. The Morgan fingerprint density at radius 2 is 2.31 bits per heavy atom. The molecule has 4 heteroatoms. The van der Waals surface area contributed by atoms with Crippen molar-refractivity contribution < 1.29 is 9.53 Å². The van der Waals surface area contributed by atoms with Gasteiger partial charge in [0.2, 0.25) is 0 Å². The number of carbonyl (C=O) groups excluding carboxylic acids is 1. The first-order chi connectivity index (χ1) is 7.63. The third-order valence-corrected chi connectivity index (χ3v) is 3.36. The van der Waals surface area contributed by atoms with Crippen LogP contribution >= 0.6 is 11.3 Å². The van der Waals surface area contributed by atoms with Gasteiger partial charge in [0.05, 0.1) is 13.5 Å². The highest BCUT2D eigenvalue weighted by Gasteiger charge is 2.12. The largest absolute Gasteiger partial charge is 0.469 e. The number of hydrogen-bond acceptors (Lipinski definition) is 4. The molecule has 0 amide bonds. The van der Waals surface area contributed by atoms with Crippen molar-refractivity contribution in [3.05, 3.63) is 22.4 Å². The van der Waals surface area contributed by atoms with Crippen molar-refractivity contribution in [1.29, 1.82) is 0 Å². The second-order valence-electron chi connectivity index (χ2n) is 3.97. The highest BCUT2D eigenvalue weighted by molar-refractivity contribution is 7.09. The third-order valence-electron chi connectivity index (χ3n) is 2.50. The number of carbonyl (C=O) groups is 1. The van der Waals surface area contributed by atoms with Crippen molar-refractivity contribution in [2.24, 2.45) is 0 Å². The predicted octanol–water partition coefficient (Wildman–Crippen LogP) is 2.52. The second-order valence-corrected chi connectivity index (χ2v) is 5.00. The Hall–Kier alpha value is -0.870. The second kappa shape index (κ2) is 6.66. The van der Waals surface area contributed by atoms with Crippen LogP contribution in [0.5, 0.6) is 0 Å². The summed E-state index contributed by atoms with van der Waals surface area (Å²) in [6.07, 6.45) is 0.458. The summed E-state index contributed by atoms with van der Waals surface area (Å²) < 4.78 is 4.65. The van der Waals surface area contributed by atoms with Crippen LogP contribution in [0, 0.1) is 0 Å². The maximum absolute atomic E-state index is 11.1. The van der Waals surface area contributed by atoms with Gasteiger partial charge in [-0.2, -0.15) is 0 Å². The van der Waals surface area contributed by atoms with Crippen molar-refractivity contribution in [3.63, 3.8) is 0 Å². The molecule has 16 heavy (non-hydrogen) atoms. The molecule has 1 rings (SSSR count). The van der Waals surface area contributed by atoms with Crippen LogP contribution in [0.3, 0.4) is 0 Å². The van der Waals surface area contributed by atoms with Gasteiger partial charge in [0.1, 0.15) is 0 Å². The van der Waals surface area contributed by atoms with Gasteiger partial charge in [-0.05, 0) is 25.3 Å². The highest BCUT2D eigenvalue weighted by atomic mass is 32.1. The van der Waals surface area contributed by atoms with Gasteiger partial charge in [0.15, 0.2) is 0 Å². The van der Waals surface area contributed by atoms with Crippen molar-refractivity contribution in [3.8, 4) is 0 Å². The average Bonchev–Trinajstić information content (AvgIpc) is 2.75. The average molecular weight is 241 g/mol. The summed E-state index contributed by atoms with van der Waals surface area (Å²) in [5, 5.41) is 2.08. The van der Waals surface area contributed by atoms with Crippen molar-refractivity contribution >= 4 is 17.3 Å². The lowest BCUT2D eigenvalue weighted by Crippen LogP contribution is -2.32. The molecule has 0 unspecified atom stereocenters. The molecule has 90 valence electrons. The molecule has 0 N–H and O–H groups in total. The van der Waals surface area contributed by atoms with Gasteiger partial charge >= 0.3 is 5.97 Å². The number of ether oxygens (including phenoxy) is 1. The monoisotopic (exact) mass is 241 g/mol. The normalized spacial score (nSPS) is 11.1. The molecule has 0 radical (unpaired) electrons. The molecule has 0 aliphatic carbocycles. The van der Waals surface area contributed by atoms with E-state index < -0.39 is 0 Å². The molecule has 0 aliphatic rings. The summed E-state index contributed by atoms with van der Waals surface area (Å²) in [5.74, 6) is -0.142. The minimum atomic E-state index is -0.142. The van der Waals surface area contributed by atoms with E-state index in [0.29, 0.717) is 12.5 Å². The first-order valence-electron chi connectivity index (χ1n) is 5.46. The molecule has 1 heterocycles. The summed E-state index contributed by atoms with van der Waals surface area (Å²) >= 11 is 1.75. The number of hydrogen-bond donors (Lipinski definition) is 0. The maximum Gasteiger partial charge on any atom is 0.306 e. The van der Waals surface area contributed by atoms with Crippen LogP contribution in [0.15, 0.2) is 17.5 Å². The summed E-state index contributed by atoms with van der Waals surface area (Å²) in [5.41, 5.74) is 0. The molecular formula is C12H19NO2S. The zero-order valence-corrected chi connectivity index (χ0v) is 10.9. The first-order valence-corrected chi connectivity index (χ1v) is 6.34. The van der Waals surface area contributed by atoms with E-state index in [1.54, 1.807) is 11.3 Å². The lowest BCUT2D eigenvalue weighted by Gasteiger charge is -2.25. The van der Waals surface area contributed by atoms with E-state index in [9.17, 15) is 4.79 Å². The van der Waals surface area contributed by atoms with E-state index in [4.69, 9.17) is 0 Å². The Labute approximate surface area is 101 Å². The van der Waals surface area contributed by atoms with Gasteiger partial charge in [-0.15, -0.1) is 11.3 Å². The first kappa shape index (κ1) is 13.2. The van der Waals surface area contributed by atoms with Gasteiger partial charge in [-0.1, -0.05) is 6.07 Å². The number of thiophene rings is 1. The lowest BCUT2D eigenvalue weighted by molar-refractivity contribution is -0.141. The molecule has 1 aromatic heterocycles. The minimum Gasteiger partial charge on any atom is -0.469 e. The standard InChI is InChI=1S/C12H19NO2S/c1-10(2)13(7-6-12(14)15-3)9-11-5-4-8-16-11/h4-5,8,10H,6-7,9H2,1-3H3. The summed E-state index contributed by atoms with van der Waals surface area (Å²) in [4.78, 5) is 14.7. The topological polar surface area (TPSA) is 29.5 Å². The molecule has 0 atom stereocenters. The van der Waals surface area contributed by atoms with E-state index in [2.05, 4.69) is 41.0 Å². The van der Waals surface area contributed by atoms with Crippen LogP contribution in [-0.2, 0) is 16.1 Å². The third kappa shape index (κ3) is 4.33. The Balaban J connectivity index is 2.45. The van der Waals surface area contributed by atoms with E-state index in [0.717, 1.165) is 13.1 Å². The van der Waals surface area contributed by atoms with Gasteiger partial charge in [-0.25, -0.2) is 0 Å². The van der Waals surface area contributed by atoms with Gasteiger partial charge in [0, 0.05) is 24.0 Å². The Bertz CT molecular complexity index is 309. The molecule has 0 saturated heterocycles. The van der Waals surface area contributed by atoms with Crippen LogP contribution in [0.25, 0.3) is 0 Å². The molecular weight excluding hydrogens is 222 g/mol. The molecule has 0 aliphatic heterocycles. The summed E-state index contributed by atoms with van der Waals surface area (Å²) in [6.45, 7) is 5.95. The van der Waals surface area contributed by atoms with Crippen LogP contribution in [0.2, 0.25) is 0 Å². The van der Waals surface area contributed by atoms with Crippen molar-refractivity contribution in [1.82, 2.24) is 4.90 Å². The van der Waals surface area contributed by atoms with Crippen LogP contribution in [0.4, 0.5) is 0 Å². The fourth-order valence-electron chi connectivity index (χ4n) is 1.46. The van der Waals surface area contributed by atoms with E-state index in [-0.39, 0.29) is 5.97 Å². The molecule has 0 fully saturated rings. The minimum absolute atomic E-state index is 0.142. The molecule has 3 nitrogen and oxygen atoms in total. The lowest BCUT2D eigenvalue weighted by atomic mass is 10.2. The summed E-state index contributed by atoms with van der Waals surface area (Å²) in [6, 6.07) is 4.61. The van der Waals surface area contributed by atoms with Crippen molar-refractivity contribution in [2.45, 2.75) is 32.9 Å². The van der Waals surface area contributed by atoms with E-state index >= 15 is 0 Å². The smallest absolute Gasteiger partial charge is 0.306 e. The molecule has 0 aromatic carbocycles. The maximum atomic E-state index is 11.1. The Morgan fingerprint density at radius 3 is 2.81 bits per heavy atom. The zero-order chi connectivity index (χ0) is 12.0. The van der Waals surface area contributed by atoms with Crippen LogP contribution in [-0.4, -0.2) is 30.6 Å². The molecule has 1 aromatic rings. The number of nitrogens with zero attached hydrogens (tertiary/aromatic N) is 1. The highest BCUT2D eigenvalue weighted by Crippen LogP contribution is 2.14. The van der Waals surface area contributed by atoms with Crippen molar-refractivity contribution in [2.75, 3.05) is 13.7 Å². The Kier molecular flexibility index (Phi) is 5.49. The number of rotatable bonds is 6. The van der Waals surface area contributed by atoms with Gasteiger partial charge in [0.25, 0.3) is 0 Å². The number of methoxy groups -OCH3 is 1. The predicted molar refractivity (Wildman–Crippen MR) is 66.5 cm³/mol. The zero-order valence-electron chi connectivity index (χ0n) is 10.1. The SMILES string of the molecule is COC(=O)CCN(Cc1cccs1)C(C)C. The van der Waals surface area contributed by atoms with Crippen LogP contribution < -0.4 is 0 Å². The Morgan fingerprint density at radius 1 is 1.56 bits per heavy atom.